The standard InChI is InChI=1S/C3H8FNO2Si/c1-2-7-3(6)5-8-4/h2,8H2,1H3,(H,5,6). The Morgan fingerprint density at radius 1 is 2.00 bits per heavy atom. The quantitative estimate of drug-likeness (QED) is 0.419. The fourth-order valence-corrected chi connectivity index (χ4v) is 0.448. The summed E-state index contributed by atoms with van der Waals surface area (Å²) < 4.78 is 15.6. The molecule has 8 heavy (non-hydrogen) atoms. The van der Waals surface area contributed by atoms with Crippen molar-refractivity contribution in [2.75, 3.05) is 6.61 Å². The van der Waals surface area contributed by atoms with Crippen molar-refractivity contribution in [3.05, 3.63) is 0 Å². The monoisotopic (exact) mass is 137 g/mol. The third-order valence-electron chi connectivity index (χ3n) is 0.487. The van der Waals surface area contributed by atoms with E-state index in [0.29, 0.717) is 6.61 Å². The molecule has 0 saturated carbocycles. The number of amides is 1. The van der Waals surface area contributed by atoms with Crippen molar-refractivity contribution in [2.24, 2.45) is 0 Å². The smallest absolute Gasteiger partial charge is 0.400 e. The molecular formula is C3H8FNO2Si. The molecule has 0 aromatic rings. The van der Waals surface area contributed by atoms with Gasteiger partial charge in [-0.15, -0.1) is 0 Å². The summed E-state index contributed by atoms with van der Waals surface area (Å²) in [6.07, 6.45) is -0.651. The Hall–Kier alpha value is -0.583. The molecular weight excluding hydrogens is 129 g/mol. The van der Waals surface area contributed by atoms with Gasteiger partial charge < -0.3 is 9.72 Å². The van der Waals surface area contributed by atoms with Gasteiger partial charge in [-0.1, -0.05) is 0 Å². The second kappa shape index (κ2) is 4.57. The minimum atomic E-state index is -1.88. The number of hydrogen-bond acceptors (Lipinski definition) is 2. The summed E-state index contributed by atoms with van der Waals surface area (Å²) in [5.74, 6) is 0. The van der Waals surface area contributed by atoms with Gasteiger partial charge in [0.15, 0.2) is 0 Å². The largest absolute Gasteiger partial charge is 0.450 e. The third kappa shape index (κ3) is 3.60. The van der Waals surface area contributed by atoms with Gasteiger partial charge in [0.05, 0.1) is 6.61 Å². The van der Waals surface area contributed by atoms with Crippen LogP contribution >= 0.6 is 0 Å². The summed E-state index contributed by atoms with van der Waals surface area (Å²) >= 11 is 0. The van der Waals surface area contributed by atoms with Crippen LogP contribution in [0.2, 0.25) is 0 Å². The molecule has 0 spiro atoms. The zero-order valence-electron chi connectivity index (χ0n) is 4.61. The molecule has 0 rings (SSSR count). The van der Waals surface area contributed by atoms with E-state index in [1.807, 2.05) is 4.98 Å². The van der Waals surface area contributed by atoms with Crippen LogP contribution in [0.4, 0.5) is 8.90 Å². The summed E-state index contributed by atoms with van der Waals surface area (Å²) in [6.45, 7) is 1.96. The molecule has 0 aliphatic rings. The normalized spacial score (nSPS) is 9.75. The molecule has 48 valence electrons. The molecule has 0 aromatic carbocycles. The van der Waals surface area contributed by atoms with Crippen LogP contribution in [-0.2, 0) is 4.74 Å². The van der Waals surface area contributed by atoms with Crippen molar-refractivity contribution in [2.45, 2.75) is 6.92 Å². The number of nitrogens with one attached hydrogen (secondary N) is 1. The molecule has 0 bridgehead atoms. The lowest BCUT2D eigenvalue weighted by atomic mass is 10.9. The summed E-state index contributed by atoms with van der Waals surface area (Å²) in [6, 6.07) is 0. The van der Waals surface area contributed by atoms with Crippen molar-refractivity contribution >= 4 is 16.1 Å². The summed E-state index contributed by atoms with van der Waals surface area (Å²) in [4.78, 5) is 12.1. The Morgan fingerprint density at radius 3 is 3.00 bits per heavy atom. The van der Waals surface area contributed by atoms with E-state index in [-0.39, 0.29) is 0 Å². The summed E-state index contributed by atoms with van der Waals surface area (Å²) in [5, 5.41) is 0. The SMILES string of the molecule is CCOC(=O)N[SiH2]F. The maximum atomic E-state index is 11.3. The van der Waals surface area contributed by atoms with Gasteiger partial charge >= 0.3 is 16.1 Å². The minimum absolute atomic E-state index is 0.292. The first-order valence-corrected chi connectivity index (χ1v) is 3.52. The average molecular weight is 137 g/mol. The van der Waals surface area contributed by atoms with Crippen molar-refractivity contribution < 1.29 is 13.6 Å². The van der Waals surface area contributed by atoms with Crippen LogP contribution in [0.5, 0.6) is 0 Å². The molecule has 0 radical (unpaired) electrons. The molecule has 0 unspecified atom stereocenters. The van der Waals surface area contributed by atoms with E-state index in [9.17, 15) is 8.90 Å². The van der Waals surface area contributed by atoms with E-state index >= 15 is 0 Å². The highest BCUT2D eigenvalue weighted by atomic mass is 28.3. The molecule has 0 aromatic heterocycles. The lowest BCUT2D eigenvalue weighted by Gasteiger charge is -1.97. The summed E-state index contributed by atoms with van der Waals surface area (Å²) in [5.41, 5.74) is 0. The van der Waals surface area contributed by atoms with Gasteiger partial charge in [-0.3, -0.25) is 4.11 Å². The highest BCUT2D eigenvalue weighted by Crippen LogP contribution is 1.72. The molecule has 0 heterocycles. The van der Waals surface area contributed by atoms with Crippen LogP contribution < -0.4 is 4.98 Å². The van der Waals surface area contributed by atoms with Crippen LogP contribution in [0.15, 0.2) is 0 Å². The summed E-state index contributed by atoms with van der Waals surface area (Å²) in [7, 11) is -1.88. The molecule has 0 fully saturated rings. The molecule has 5 heteroatoms. The minimum Gasteiger partial charge on any atom is -0.450 e. The number of hydrogen-bond donors (Lipinski definition) is 1. The van der Waals surface area contributed by atoms with Crippen molar-refractivity contribution in [3.8, 4) is 0 Å². The van der Waals surface area contributed by atoms with E-state index < -0.39 is 16.1 Å². The van der Waals surface area contributed by atoms with E-state index in [1.54, 1.807) is 6.92 Å². The number of carbonyl (C=O) groups excluding carboxylic acids is 1. The van der Waals surface area contributed by atoms with Crippen molar-refractivity contribution in [1.82, 2.24) is 4.98 Å². The lowest BCUT2D eigenvalue weighted by molar-refractivity contribution is 0.158. The molecule has 3 nitrogen and oxygen atoms in total. The Morgan fingerprint density at radius 2 is 2.62 bits per heavy atom. The van der Waals surface area contributed by atoms with Crippen LogP contribution in [0, 0.1) is 0 Å². The van der Waals surface area contributed by atoms with Gasteiger partial charge in [-0.2, -0.15) is 0 Å². The number of ether oxygens (including phenoxy) is 1. The van der Waals surface area contributed by atoms with E-state index in [0.717, 1.165) is 0 Å². The zero-order valence-corrected chi connectivity index (χ0v) is 6.02. The van der Waals surface area contributed by atoms with E-state index in [1.165, 1.54) is 0 Å². The predicted octanol–water partition coefficient (Wildman–Crippen LogP) is -0.299. The molecule has 0 atom stereocenters. The van der Waals surface area contributed by atoms with Gasteiger partial charge in [0.1, 0.15) is 0 Å². The Bertz CT molecular complexity index is 71.7. The highest BCUT2D eigenvalue weighted by molar-refractivity contribution is 6.27. The fraction of sp³-hybridized carbons (Fsp3) is 0.667. The van der Waals surface area contributed by atoms with Crippen LogP contribution in [0.1, 0.15) is 6.92 Å². The van der Waals surface area contributed by atoms with E-state index in [4.69, 9.17) is 0 Å². The highest BCUT2D eigenvalue weighted by Gasteiger charge is 1.95. The number of carbonyl (C=O) groups is 1. The molecule has 1 N–H and O–H groups in total. The Kier molecular flexibility index (Phi) is 4.24. The van der Waals surface area contributed by atoms with Crippen molar-refractivity contribution in [1.29, 1.82) is 0 Å². The van der Waals surface area contributed by atoms with Gasteiger partial charge in [0.25, 0.3) is 0 Å². The van der Waals surface area contributed by atoms with Crippen LogP contribution in [-0.4, -0.2) is 22.7 Å². The molecule has 1 amide bonds. The number of halogens is 1. The second-order valence-electron chi connectivity index (χ2n) is 1.03. The maximum absolute atomic E-state index is 11.3. The first-order chi connectivity index (χ1) is 3.81. The second-order valence-corrected chi connectivity index (χ2v) is 1.65. The topological polar surface area (TPSA) is 38.3 Å². The zero-order chi connectivity index (χ0) is 6.41. The Balaban J connectivity index is 3.06. The number of rotatable bonds is 2. The fourth-order valence-electron chi connectivity index (χ4n) is 0.237. The molecule has 0 aliphatic carbocycles. The van der Waals surface area contributed by atoms with Gasteiger partial charge in [0.2, 0.25) is 0 Å². The third-order valence-corrected chi connectivity index (χ3v) is 0.909. The molecule has 0 aliphatic heterocycles. The Labute approximate surface area is 49.3 Å². The lowest BCUT2D eigenvalue weighted by Crippen LogP contribution is -2.25. The first kappa shape index (κ1) is 7.42. The van der Waals surface area contributed by atoms with Crippen LogP contribution in [0.25, 0.3) is 0 Å². The van der Waals surface area contributed by atoms with Gasteiger partial charge in [0, 0.05) is 0 Å². The van der Waals surface area contributed by atoms with Gasteiger partial charge in [-0.05, 0) is 6.92 Å². The van der Waals surface area contributed by atoms with Crippen LogP contribution in [0.3, 0.4) is 0 Å². The van der Waals surface area contributed by atoms with Gasteiger partial charge in [-0.25, -0.2) is 4.79 Å². The average Bonchev–Trinajstić information content (AvgIpc) is 1.68. The maximum Gasteiger partial charge on any atom is 0.400 e. The van der Waals surface area contributed by atoms with Crippen molar-refractivity contribution in [3.63, 3.8) is 0 Å². The predicted molar refractivity (Wildman–Crippen MR) is 29.8 cm³/mol. The first-order valence-electron chi connectivity index (χ1n) is 2.27. The van der Waals surface area contributed by atoms with E-state index in [2.05, 4.69) is 4.74 Å². The molecule has 0 saturated heterocycles.